The highest BCUT2D eigenvalue weighted by atomic mass is 35.5. The maximum atomic E-state index is 13.6. The Balaban J connectivity index is 0.00000220. The van der Waals surface area contributed by atoms with Crippen molar-refractivity contribution in [2.24, 2.45) is 0 Å². The number of rotatable bonds is 3. The molecule has 0 unspecified atom stereocenters. The van der Waals surface area contributed by atoms with Crippen LogP contribution in [0.4, 0.5) is 4.39 Å². The maximum absolute atomic E-state index is 13.6. The molecule has 0 aromatic heterocycles. The Morgan fingerprint density at radius 2 is 1.62 bits per heavy atom. The highest BCUT2D eigenvalue weighted by Crippen LogP contribution is 2.36. The first-order valence-electron chi connectivity index (χ1n) is 6.91. The minimum absolute atomic E-state index is 0. The first kappa shape index (κ1) is 18.4. The van der Waals surface area contributed by atoms with E-state index in [0.29, 0.717) is 0 Å². The summed E-state index contributed by atoms with van der Waals surface area (Å²) >= 11 is 0. The van der Waals surface area contributed by atoms with Crippen LogP contribution in [0.2, 0.25) is 0 Å². The molecule has 0 spiro atoms. The first-order valence-corrected chi connectivity index (χ1v) is 6.91. The summed E-state index contributed by atoms with van der Waals surface area (Å²) < 4.78 is 25.6. The quantitative estimate of drug-likeness (QED) is 0.800. The minimum atomic E-state index is -0.523. The zero-order valence-corrected chi connectivity index (χ0v) is 14.4. The summed E-state index contributed by atoms with van der Waals surface area (Å²) in [5.41, 5.74) is 0.964. The van der Waals surface area contributed by atoms with E-state index >= 15 is 0 Å². The lowest BCUT2D eigenvalue weighted by molar-refractivity contribution is 0.00578. The summed E-state index contributed by atoms with van der Waals surface area (Å²) in [7, 11) is 3.44. The van der Waals surface area contributed by atoms with Gasteiger partial charge in [0.05, 0.1) is 11.2 Å². The van der Waals surface area contributed by atoms with Gasteiger partial charge in [-0.3, -0.25) is 0 Å². The summed E-state index contributed by atoms with van der Waals surface area (Å²) in [4.78, 5) is 2.04. The fourth-order valence-corrected chi connectivity index (χ4v) is 2.24. The standard InChI is InChI=1S/C15H23BFNO2.ClH/c1-14(2)15(3,4)20-16(19-14)13-9-12(17)8-7-11(13)10-18(5)6;/h7-9H,10H2,1-6H3;1H. The Morgan fingerprint density at radius 1 is 1.10 bits per heavy atom. The lowest BCUT2D eigenvalue weighted by atomic mass is 9.75. The molecule has 0 N–H and O–H groups in total. The van der Waals surface area contributed by atoms with Crippen molar-refractivity contribution in [1.82, 2.24) is 4.90 Å². The largest absolute Gasteiger partial charge is 0.495 e. The van der Waals surface area contributed by atoms with Crippen LogP contribution in [0.15, 0.2) is 18.2 Å². The third kappa shape index (κ3) is 3.78. The predicted octanol–water partition coefficient (Wildman–Crippen LogP) is 2.61. The van der Waals surface area contributed by atoms with E-state index in [4.69, 9.17) is 9.31 Å². The highest BCUT2D eigenvalue weighted by Gasteiger charge is 2.52. The van der Waals surface area contributed by atoms with Crippen LogP contribution < -0.4 is 5.46 Å². The lowest BCUT2D eigenvalue weighted by Gasteiger charge is -2.32. The van der Waals surface area contributed by atoms with Gasteiger partial charge in [0.2, 0.25) is 0 Å². The monoisotopic (exact) mass is 315 g/mol. The minimum Gasteiger partial charge on any atom is -0.399 e. The van der Waals surface area contributed by atoms with Crippen molar-refractivity contribution in [1.29, 1.82) is 0 Å². The molecule has 1 aliphatic heterocycles. The molecule has 1 aliphatic rings. The average molecular weight is 316 g/mol. The van der Waals surface area contributed by atoms with E-state index in [0.717, 1.165) is 17.6 Å². The molecule has 3 nitrogen and oxygen atoms in total. The van der Waals surface area contributed by atoms with Crippen molar-refractivity contribution in [3.8, 4) is 0 Å². The molecular formula is C15H24BClFNO2. The number of hydrogen-bond donors (Lipinski definition) is 0. The third-order valence-electron chi connectivity index (χ3n) is 4.10. The Kier molecular flexibility index (Phi) is 5.48. The average Bonchev–Trinajstić information content (AvgIpc) is 2.50. The fourth-order valence-electron chi connectivity index (χ4n) is 2.24. The summed E-state index contributed by atoms with van der Waals surface area (Å²) in [6.07, 6.45) is 0. The van der Waals surface area contributed by atoms with E-state index in [1.54, 1.807) is 6.07 Å². The van der Waals surface area contributed by atoms with Gasteiger partial charge in [-0.2, -0.15) is 0 Å². The van der Waals surface area contributed by atoms with Gasteiger partial charge in [0.1, 0.15) is 5.82 Å². The van der Waals surface area contributed by atoms with E-state index < -0.39 is 18.3 Å². The molecule has 0 radical (unpaired) electrons. The van der Waals surface area contributed by atoms with Crippen molar-refractivity contribution >= 4 is 25.0 Å². The van der Waals surface area contributed by atoms with Crippen LogP contribution >= 0.6 is 12.4 Å². The second-order valence-corrected chi connectivity index (χ2v) is 6.67. The van der Waals surface area contributed by atoms with Gasteiger partial charge in [-0.05, 0) is 64.9 Å². The lowest BCUT2D eigenvalue weighted by Crippen LogP contribution is -2.41. The van der Waals surface area contributed by atoms with Gasteiger partial charge in [0.15, 0.2) is 0 Å². The Morgan fingerprint density at radius 3 is 2.10 bits per heavy atom. The van der Waals surface area contributed by atoms with E-state index in [2.05, 4.69) is 0 Å². The summed E-state index contributed by atoms with van der Waals surface area (Å²) in [6, 6.07) is 4.80. The van der Waals surface area contributed by atoms with Crippen molar-refractivity contribution in [2.75, 3.05) is 14.1 Å². The summed E-state index contributed by atoms with van der Waals surface area (Å²) in [6.45, 7) is 8.71. The molecular weight excluding hydrogens is 291 g/mol. The number of halogens is 2. The first-order chi connectivity index (χ1) is 9.12. The SMILES string of the molecule is CN(C)Cc1ccc(F)cc1B1OC(C)(C)C(C)(C)O1.Cl. The zero-order valence-electron chi connectivity index (χ0n) is 13.6. The molecule has 1 aromatic carbocycles. The van der Waals surface area contributed by atoms with Crippen LogP contribution in [0.5, 0.6) is 0 Å². The number of nitrogens with zero attached hydrogens (tertiary/aromatic N) is 1. The molecule has 2 rings (SSSR count). The third-order valence-corrected chi connectivity index (χ3v) is 4.10. The van der Waals surface area contributed by atoms with Gasteiger partial charge < -0.3 is 14.2 Å². The molecule has 1 heterocycles. The molecule has 6 heteroatoms. The van der Waals surface area contributed by atoms with Crippen LogP contribution in [-0.2, 0) is 15.9 Å². The van der Waals surface area contributed by atoms with E-state index in [9.17, 15) is 4.39 Å². The molecule has 0 atom stereocenters. The second kappa shape index (κ2) is 6.25. The van der Waals surface area contributed by atoms with Crippen molar-refractivity contribution in [3.05, 3.63) is 29.6 Å². The molecule has 1 saturated heterocycles. The van der Waals surface area contributed by atoms with Gasteiger partial charge in [-0.25, -0.2) is 4.39 Å². The molecule has 1 fully saturated rings. The van der Waals surface area contributed by atoms with Gasteiger partial charge in [0, 0.05) is 6.54 Å². The maximum Gasteiger partial charge on any atom is 0.495 e. The van der Waals surface area contributed by atoms with Crippen molar-refractivity contribution in [3.63, 3.8) is 0 Å². The normalized spacial score (nSPS) is 19.7. The van der Waals surface area contributed by atoms with Crippen LogP contribution in [0, 0.1) is 5.82 Å². The van der Waals surface area contributed by atoms with Crippen LogP contribution in [-0.4, -0.2) is 37.3 Å². The van der Waals surface area contributed by atoms with Crippen LogP contribution in [0.1, 0.15) is 33.3 Å². The fraction of sp³-hybridized carbons (Fsp3) is 0.600. The van der Waals surface area contributed by atoms with E-state index in [-0.39, 0.29) is 18.2 Å². The zero-order chi connectivity index (χ0) is 15.1. The van der Waals surface area contributed by atoms with E-state index in [1.807, 2.05) is 46.7 Å². The van der Waals surface area contributed by atoms with E-state index in [1.165, 1.54) is 12.1 Å². The Labute approximate surface area is 133 Å². The topological polar surface area (TPSA) is 21.7 Å². The number of benzene rings is 1. The molecule has 1 aromatic rings. The second-order valence-electron chi connectivity index (χ2n) is 6.67. The molecule has 0 saturated carbocycles. The molecule has 118 valence electrons. The van der Waals surface area contributed by atoms with Crippen molar-refractivity contribution < 1.29 is 13.7 Å². The van der Waals surface area contributed by atoms with Gasteiger partial charge >= 0.3 is 7.12 Å². The molecule has 0 amide bonds. The van der Waals surface area contributed by atoms with Gasteiger partial charge in [-0.1, -0.05) is 6.07 Å². The molecule has 0 bridgehead atoms. The van der Waals surface area contributed by atoms with Gasteiger partial charge in [0.25, 0.3) is 0 Å². The number of hydrogen-bond acceptors (Lipinski definition) is 3. The Bertz CT molecular complexity index is 492. The van der Waals surface area contributed by atoms with Crippen LogP contribution in [0.3, 0.4) is 0 Å². The smallest absolute Gasteiger partial charge is 0.399 e. The predicted molar refractivity (Wildman–Crippen MR) is 86.8 cm³/mol. The highest BCUT2D eigenvalue weighted by molar-refractivity contribution is 6.62. The Hall–Kier alpha value is -0.615. The molecule has 21 heavy (non-hydrogen) atoms. The molecule has 0 aliphatic carbocycles. The van der Waals surface area contributed by atoms with Crippen molar-refractivity contribution in [2.45, 2.75) is 45.4 Å². The van der Waals surface area contributed by atoms with Gasteiger partial charge in [-0.15, -0.1) is 12.4 Å². The van der Waals surface area contributed by atoms with Crippen LogP contribution in [0.25, 0.3) is 0 Å². The summed E-state index contributed by atoms with van der Waals surface area (Å²) in [5, 5.41) is 0. The summed E-state index contributed by atoms with van der Waals surface area (Å²) in [5.74, 6) is -0.266.